The number of Topliss-reactive ketones (excluding diaryl/α,β-unsaturated/α-hetero) is 1. The molecule has 0 radical (unpaired) electrons. The number of nitrogens with zero attached hydrogens (tertiary/aromatic N) is 2. The SMILES string of the molecule is CC1(C)C(=O)C(C#N)=C[C@]2(C)C3=CC(=O)[C@]4(O)[C@@H]5C[C@@](C)(NC(=O)CNC(=O)c6cn[nH]c6)CC[C@]5(C)CC[C@@]4(C)[C@]3(C)CC[C@@H]12. The number of ketones is 2. The van der Waals surface area contributed by atoms with Gasteiger partial charge in [0.1, 0.15) is 11.7 Å². The summed E-state index contributed by atoms with van der Waals surface area (Å²) in [5, 5.41) is 35.1. The van der Waals surface area contributed by atoms with E-state index in [1.165, 1.54) is 12.4 Å². The highest BCUT2D eigenvalue weighted by atomic mass is 16.3. The lowest BCUT2D eigenvalue weighted by molar-refractivity contribution is -0.240. The minimum absolute atomic E-state index is 0.0810. The quantitative estimate of drug-likeness (QED) is 0.385. The molecule has 5 aliphatic rings. The van der Waals surface area contributed by atoms with Crippen molar-refractivity contribution in [1.29, 1.82) is 5.26 Å². The Bertz CT molecular complexity index is 1640. The molecule has 1 aromatic heterocycles. The maximum Gasteiger partial charge on any atom is 0.254 e. The van der Waals surface area contributed by atoms with Crippen LogP contribution in [0.1, 0.15) is 104 Å². The first-order valence-corrected chi connectivity index (χ1v) is 16.6. The van der Waals surface area contributed by atoms with Crippen molar-refractivity contribution in [2.75, 3.05) is 6.54 Å². The Labute approximate surface area is 270 Å². The van der Waals surface area contributed by atoms with Crippen LogP contribution in [0, 0.1) is 50.2 Å². The van der Waals surface area contributed by atoms with Gasteiger partial charge in [-0.25, -0.2) is 0 Å². The lowest BCUT2D eigenvalue weighted by atomic mass is 9.33. The molecule has 3 saturated carbocycles. The van der Waals surface area contributed by atoms with Gasteiger partial charge in [0.15, 0.2) is 11.6 Å². The van der Waals surface area contributed by atoms with Gasteiger partial charge in [-0.1, -0.05) is 47.6 Å². The molecule has 0 aromatic carbocycles. The molecule has 0 unspecified atom stereocenters. The average molecular weight is 630 g/mol. The lowest BCUT2D eigenvalue weighted by Gasteiger charge is -2.71. The molecule has 0 aliphatic heterocycles. The summed E-state index contributed by atoms with van der Waals surface area (Å²) in [7, 11) is 0. The van der Waals surface area contributed by atoms with Gasteiger partial charge in [-0.2, -0.15) is 10.4 Å². The Balaban J connectivity index is 1.35. The summed E-state index contributed by atoms with van der Waals surface area (Å²) in [6.45, 7) is 14.1. The number of nitriles is 1. The smallest absolute Gasteiger partial charge is 0.254 e. The number of amides is 2. The van der Waals surface area contributed by atoms with E-state index in [0.29, 0.717) is 31.2 Å². The molecule has 4 N–H and O–H groups in total. The van der Waals surface area contributed by atoms with Crippen molar-refractivity contribution in [2.24, 2.45) is 38.9 Å². The van der Waals surface area contributed by atoms with Crippen molar-refractivity contribution < 1.29 is 24.3 Å². The first kappa shape index (κ1) is 32.4. The van der Waals surface area contributed by atoms with E-state index in [1.54, 1.807) is 12.2 Å². The molecule has 0 spiro atoms. The van der Waals surface area contributed by atoms with Crippen LogP contribution in [-0.2, 0) is 14.4 Å². The maximum atomic E-state index is 14.6. The van der Waals surface area contributed by atoms with Crippen LogP contribution in [0.2, 0.25) is 0 Å². The van der Waals surface area contributed by atoms with E-state index in [0.717, 1.165) is 24.8 Å². The maximum absolute atomic E-state index is 14.6. The topological polar surface area (TPSA) is 165 Å². The van der Waals surface area contributed by atoms with Crippen molar-refractivity contribution in [2.45, 2.75) is 105 Å². The molecule has 2 amide bonds. The zero-order valence-corrected chi connectivity index (χ0v) is 28.1. The number of carbonyl (C=O) groups is 4. The van der Waals surface area contributed by atoms with Gasteiger partial charge < -0.3 is 15.7 Å². The third kappa shape index (κ3) is 4.12. The molecule has 3 fully saturated rings. The monoisotopic (exact) mass is 629 g/mol. The Morgan fingerprint density at radius 3 is 2.39 bits per heavy atom. The number of nitrogens with one attached hydrogen (secondary N) is 3. The normalized spacial score (nSPS) is 42.6. The summed E-state index contributed by atoms with van der Waals surface area (Å²) in [5.74, 6) is -1.70. The summed E-state index contributed by atoms with van der Waals surface area (Å²) in [5.41, 5.74) is -4.11. The van der Waals surface area contributed by atoms with Gasteiger partial charge in [0.2, 0.25) is 5.91 Å². The van der Waals surface area contributed by atoms with Crippen molar-refractivity contribution >= 4 is 23.4 Å². The third-order valence-corrected chi connectivity index (χ3v) is 13.9. The van der Waals surface area contributed by atoms with Crippen LogP contribution in [0.25, 0.3) is 0 Å². The van der Waals surface area contributed by atoms with Crippen molar-refractivity contribution in [3.05, 3.63) is 41.3 Å². The fourth-order valence-corrected chi connectivity index (χ4v) is 10.9. The second-order valence-corrected chi connectivity index (χ2v) is 16.6. The van der Waals surface area contributed by atoms with Gasteiger partial charge in [0.25, 0.3) is 5.91 Å². The molecule has 0 saturated heterocycles. The van der Waals surface area contributed by atoms with Crippen LogP contribution in [-0.4, -0.2) is 56.4 Å². The number of aromatic amines is 1. The number of H-pyrrole nitrogens is 1. The largest absolute Gasteiger partial charge is 0.381 e. The van der Waals surface area contributed by atoms with Crippen molar-refractivity contribution in [3.8, 4) is 6.07 Å². The molecule has 10 nitrogen and oxygen atoms in total. The van der Waals surface area contributed by atoms with E-state index in [2.05, 4.69) is 54.6 Å². The molecule has 46 heavy (non-hydrogen) atoms. The summed E-state index contributed by atoms with van der Waals surface area (Å²) in [4.78, 5) is 53.4. The van der Waals surface area contributed by atoms with E-state index in [-0.39, 0.29) is 40.9 Å². The van der Waals surface area contributed by atoms with Gasteiger partial charge in [0.05, 0.1) is 23.9 Å². The Kier molecular flexibility index (Phi) is 7.01. The predicted molar refractivity (Wildman–Crippen MR) is 170 cm³/mol. The van der Waals surface area contributed by atoms with Crippen LogP contribution in [0.5, 0.6) is 0 Å². The van der Waals surface area contributed by atoms with Crippen molar-refractivity contribution in [1.82, 2.24) is 20.8 Å². The number of rotatable bonds is 4. The van der Waals surface area contributed by atoms with E-state index >= 15 is 0 Å². The number of carbonyl (C=O) groups excluding carboxylic acids is 4. The highest BCUT2D eigenvalue weighted by molar-refractivity contribution is 6.05. The van der Waals surface area contributed by atoms with Crippen LogP contribution >= 0.6 is 0 Å². The Morgan fingerprint density at radius 1 is 1.04 bits per heavy atom. The zero-order valence-electron chi connectivity index (χ0n) is 28.1. The van der Waals surface area contributed by atoms with Gasteiger partial charge in [-0.3, -0.25) is 24.3 Å². The number of aromatic nitrogens is 2. The fraction of sp³-hybridized carbons (Fsp3) is 0.667. The molecule has 1 aromatic rings. The fourth-order valence-electron chi connectivity index (χ4n) is 10.9. The summed E-state index contributed by atoms with van der Waals surface area (Å²) < 4.78 is 0. The highest BCUT2D eigenvalue weighted by Crippen LogP contribution is 2.75. The van der Waals surface area contributed by atoms with Gasteiger partial charge in [-0.15, -0.1) is 0 Å². The Hall–Kier alpha value is -3.58. The lowest BCUT2D eigenvalue weighted by Crippen LogP contribution is -2.74. The summed E-state index contributed by atoms with van der Waals surface area (Å²) >= 11 is 0. The summed E-state index contributed by atoms with van der Waals surface area (Å²) in [6.07, 6.45) is 11.1. The van der Waals surface area contributed by atoms with Gasteiger partial charge in [-0.05, 0) is 80.3 Å². The molecular weight excluding hydrogens is 582 g/mol. The number of hydrogen-bond donors (Lipinski definition) is 4. The zero-order chi connectivity index (χ0) is 33.7. The molecule has 10 heteroatoms. The molecule has 1 heterocycles. The van der Waals surface area contributed by atoms with E-state index in [9.17, 15) is 29.5 Å². The van der Waals surface area contributed by atoms with Crippen LogP contribution < -0.4 is 10.6 Å². The highest BCUT2D eigenvalue weighted by Gasteiger charge is 2.75. The molecule has 5 aliphatic carbocycles. The summed E-state index contributed by atoms with van der Waals surface area (Å²) in [6, 6.07) is 2.14. The molecular formula is C36H47N5O5. The molecule has 8 atom stereocenters. The van der Waals surface area contributed by atoms with Crippen LogP contribution in [0.4, 0.5) is 0 Å². The second kappa shape index (κ2) is 9.96. The van der Waals surface area contributed by atoms with Crippen LogP contribution in [0.3, 0.4) is 0 Å². The van der Waals surface area contributed by atoms with E-state index in [1.807, 2.05) is 20.8 Å². The number of fused-ring (bicyclic) bond motifs is 7. The number of allylic oxidation sites excluding steroid dienone is 3. The van der Waals surface area contributed by atoms with E-state index < -0.39 is 44.6 Å². The first-order chi connectivity index (χ1) is 21.3. The minimum Gasteiger partial charge on any atom is -0.381 e. The standard InChI is InChI=1S/C36H47N5O5/c1-30(2)23-8-9-34(6)24(33(23,5)15-21(17-37)28(30)44)14-26(42)36(46)25-16-32(4,12-10-31(25,3)11-13-35(34,36)7)41-27(43)20-38-29(45)22-18-39-40-19-22/h14-15,18-19,23,25,46H,8-13,16,20H2,1-7H3,(H,38,45)(H,39,40)(H,41,43)/t23-,25+,31+,32-,33-,34+,35-,36+/m0/s1. The first-order valence-electron chi connectivity index (χ1n) is 16.6. The molecule has 0 bridgehead atoms. The molecule has 6 rings (SSSR count). The Morgan fingerprint density at radius 2 is 1.74 bits per heavy atom. The predicted octanol–water partition coefficient (Wildman–Crippen LogP) is 4.34. The van der Waals surface area contributed by atoms with Gasteiger partial charge in [0, 0.05) is 33.9 Å². The van der Waals surface area contributed by atoms with E-state index in [4.69, 9.17) is 0 Å². The third-order valence-electron chi connectivity index (χ3n) is 13.9. The number of hydrogen-bond acceptors (Lipinski definition) is 7. The molecule has 246 valence electrons. The minimum atomic E-state index is -1.68. The second-order valence-electron chi connectivity index (χ2n) is 16.6. The average Bonchev–Trinajstić information content (AvgIpc) is 3.54. The number of aliphatic hydroxyl groups is 1. The van der Waals surface area contributed by atoms with Gasteiger partial charge >= 0.3 is 0 Å². The van der Waals surface area contributed by atoms with Crippen molar-refractivity contribution in [3.63, 3.8) is 0 Å². The van der Waals surface area contributed by atoms with Crippen LogP contribution in [0.15, 0.2) is 35.7 Å².